The zero-order chi connectivity index (χ0) is 41.5. The second-order valence-electron chi connectivity index (χ2n) is 14.1. The molecule has 0 fully saturated rings. The minimum Gasteiger partial charge on any atom is -0.462 e. The summed E-state index contributed by atoms with van der Waals surface area (Å²) in [4.78, 5) is 37.7. The van der Waals surface area contributed by atoms with Crippen molar-refractivity contribution >= 4 is 17.9 Å². The van der Waals surface area contributed by atoms with Crippen molar-refractivity contribution in [1.82, 2.24) is 0 Å². The summed E-state index contributed by atoms with van der Waals surface area (Å²) in [7, 11) is 0. The van der Waals surface area contributed by atoms with Gasteiger partial charge in [-0.15, -0.1) is 0 Å². The molecular formula is C51H78O6. The Kier molecular flexibility index (Phi) is 41.3. The Morgan fingerprint density at radius 1 is 0.368 bits per heavy atom. The Morgan fingerprint density at radius 3 is 1.07 bits per heavy atom. The lowest BCUT2D eigenvalue weighted by Crippen LogP contribution is -2.30. The Balaban J connectivity index is 4.57. The van der Waals surface area contributed by atoms with Crippen LogP contribution in [-0.4, -0.2) is 37.2 Å². The Labute approximate surface area is 348 Å². The van der Waals surface area contributed by atoms with E-state index >= 15 is 0 Å². The van der Waals surface area contributed by atoms with Crippen LogP contribution in [0.1, 0.15) is 162 Å². The molecule has 0 saturated carbocycles. The number of hydrogen-bond acceptors (Lipinski definition) is 6. The molecule has 0 amide bonds. The van der Waals surface area contributed by atoms with E-state index in [2.05, 4.69) is 45.1 Å². The van der Waals surface area contributed by atoms with Crippen LogP contribution in [0.3, 0.4) is 0 Å². The summed E-state index contributed by atoms with van der Waals surface area (Å²) in [6.07, 6.45) is 60.3. The van der Waals surface area contributed by atoms with Gasteiger partial charge in [0, 0.05) is 19.3 Å². The van der Waals surface area contributed by atoms with Crippen molar-refractivity contribution < 1.29 is 28.6 Å². The fraction of sp³-hybridized carbons (Fsp3) is 0.549. The first-order valence-corrected chi connectivity index (χ1v) is 22.2. The fourth-order valence-electron chi connectivity index (χ4n) is 5.42. The molecular weight excluding hydrogens is 709 g/mol. The van der Waals surface area contributed by atoms with E-state index in [0.29, 0.717) is 19.3 Å². The maximum absolute atomic E-state index is 12.7. The fourth-order valence-corrected chi connectivity index (χ4v) is 5.42. The van der Waals surface area contributed by atoms with E-state index in [4.69, 9.17) is 14.2 Å². The molecule has 318 valence electrons. The van der Waals surface area contributed by atoms with Crippen LogP contribution in [0.5, 0.6) is 0 Å². The number of carbonyl (C=O) groups excluding carboxylic acids is 3. The van der Waals surface area contributed by atoms with Gasteiger partial charge in [0.1, 0.15) is 13.2 Å². The maximum atomic E-state index is 12.7. The van der Waals surface area contributed by atoms with E-state index in [1.54, 1.807) is 0 Å². The molecule has 0 aromatic carbocycles. The molecule has 0 rings (SSSR count). The van der Waals surface area contributed by atoms with Crippen molar-refractivity contribution in [1.29, 1.82) is 0 Å². The number of unbranched alkanes of at least 4 members (excludes halogenated alkanes) is 14. The number of ether oxygens (including phenoxy) is 3. The van der Waals surface area contributed by atoms with Crippen molar-refractivity contribution in [2.45, 2.75) is 168 Å². The lowest BCUT2D eigenvalue weighted by atomic mass is 10.1. The summed E-state index contributed by atoms with van der Waals surface area (Å²) in [6, 6.07) is 0. The zero-order valence-electron chi connectivity index (χ0n) is 36.0. The predicted octanol–water partition coefficient (Wildman–Crippen LogP) is 14.2. The molecule has 0 aromatic heterocycles. The molecule has 57 heavy (non-hydrogen) atoms. The number of rotatable bonds is 37. The van der Waals surface area contributed by atoms with E-state index in [0.717, 1.165) is 77.0 Å². The van der Waals surface area contributed by atoms with Crippen molar-refractivity contribution in [3.8, 4) is 0 Å². The number of allylic oxidation sites excluding steroid dienone is 20. The van der Waals surface area contributed by atoms with Crippen LogP contribution in [0, 0.1) is 0 Å². The topological polar surface area (TPSA) is 78.9 Å². The predicted molar refractivity (Wildman–Crippen MR) is 242 cm³/mol. The lowest BCUT2D eigenvalue weighted by molar-refractivity contribution is -0.167. The average Bonchev–Trinajstić information content (AvgIpc) is 3.21. The highest BCUT2D eigenvalue weighted by Crippen LogP contribution is 2.12. The molecule has 0 radical (unpaired) electrons. The SMILES string of the molecule is CC\C=C/C=C\C=C/C=C\C=C/CCCCCC(=O)OCC(COC(=O)CCCCCCCCCCC)OC(=O)CCCCC\C=C/C=C\C=C/C=C\C=C/CC. The van der Waals surface area contributed by atoms with E-state index in [1.165, 1.54) is 38.5 Å². The van der Waals surface area contributed by atoms with Crippen molar-refractivity contribution in [2.24, 2.45) is 0 Å². The summed E-state index contributed by atoms with van der Waals surface area (Å²) in [6.45, 7) is 6.22. The third-order valence-corrected chi connectivity index (χ3v) is 8.72. The van der Waals surface area contributed by atoms with E-state index < -0.39 is 6.10 Å². The molecule has 0 aliphatic rings. The van der Waals surface area contributed by atoms with Gasteiger partial charge in [-0.25, -0.2) is 0 Å². The smallest absolute Gasteiger partial charge is 0.306 e. The van der Waals surface area contributed by atoms with Crippen molar-refractivity contribution in [3.05, 3.63) is 122 Å². The Morgan fingerprint density at radius 2 is 0.684 bits per heavy atom. The molecule has 0 N–H and O–H groups in total. The minimum absolute atomic E-state index is 0.113. The Hall–Kier alpha value is -4.19. The third kappa shape index (κ3) is 42.8. The molecule has 0 spiro atoms. The molecule has 1 unspecified atom stereocenters. The average molecular weight is 787 g/mol. The quantitative estimate of drug-likeness (QED) is 0.0270. The van der Waals surface area contributed by atoms with Crippen LogP contribution in [0.15, 0.2) is 122 Å². The van der Waals surface area contributed by atoms with E-state index in [9.17, 15) is 14.4 Å². The maximum Gasteiger partial charge on any atom is 0.306 e. The third-order valence-electron chi connectivity index (χ3n) is 8.72. The van der Waals surface area contributed by atoms with Gasteiger partial charge in [0.25, 0.3) is 0 Å². The van der Waals surface area contributed by atoms with Crippen molar-refractivity contribution in [2.75, 3.05) is 13.2 Å². The highest BCUT2D eigenvalue weighted by molar-refractivity contribution is 5.71. The molecule has 0 heterocycles. The zero-order valence-corrected chi connectivity index (χ0v) is 36.0. The van der Waals surface area contributed by atoms with Gasteiger partial charge in [-0.2, -0.15) is 0 Å². The Bertz CT molecular complexity index is 1270. The summed E-state index contributed by atoms with van der Waals surface area (Å²) in [5.41, 5.74) is 0. The van der Waals surface area contributed by atoms with Gasteiger partial charge in [-0.3, -0.25) is 14.4 Å². The molecule has 0 aliphatic heterocycles. The summed E-state index contributed by atoms with van der Waals surface area (Å²) < 4.78 is 16.6. The van der Waals surface area contributed by atoms with Crippen LogP contribution in [-0.2, 0) is 28.6 Å². The molecule has 1 atom stereocenters. The second kappa shape index (κ2) is 44.5. The largest absolute Gasteiger partial charge is 0.462 e. The molecule has 0 bridgehead atoms. The molecule has 6 heteroatoms. The number of esters is 3. The van der Waals surface area contributed by atoms with Gasteiger partial charge in [0.05, 0.1) is 0 Å². The summed E-state index contributed by atoms with van der Waals surface area (Å²) >= 11 is 0. The first kappa shape index (κ1) is 52.8. The van der Waals surface area contributed by atoms with Gasteiger partial charge >= 0.3 is 17.9 Å². The van der Waals surface area contributed by atoms with Crippen LogP contribution in [0.2, 0.25) is 0 Å². The van der Waals surface area contributed by atoms with Crippen LogP contribution in [0.25, 0.3) is 0 Å². The standard InChI is InChI=1S/C51H78O6/c1-4-7-10-13-16-19-21-23-25-27-29-32-35-38-41-44-50(53)56-47-48(46-55-49(52)43-40-37-34-31-18-15-12-9-6-3)57-51(54)45-42-39-36-33-30-28-26-24-22-20-17-14-11-8-5-2/h7-8,10-11,13-14,16-17,19-30,48H,4-6,9,12,15,18,31-47H2,1-3H3/b10-7-,11-8-,16-13-,17-14-,21-19-,22-20-,25-23-,26-24-,29-27-,30-28-. The van der Waals surface area contributed by atoms with Gasteiger partial charge < -0.3 is 14.2 Å². The molecule has 0 aliphatic carbocycles. The number of carbonyl (C=O) groups is 3. The highest BCUT2D eigenvalue weighted by Gasteiger charge is 2.19. The van der Waals surface area contributed by atoms with E-state index in [1.807, 2.05) is 97.2 Å². The summed E-state index contributed by atoms with van der Waals surface area (Å²) in [5, 5.41) is 0. The van der Waals surface area contributed by atoms with Gasteiger partial charge in [-0.1, -0.05) is 206 Å². The monoisotopic (exact) mass is 787 g/mol. The van der Waals surface area contributed by atoms with Gasteiger partial charge in [0.2, 0.25) is 0 Å². The second-order valence-corrected chi connectivity index (χ2v) is 14.1. The van der Waals surface area contributed by atoms with Crippen molar-refractivity contribution in [3.63, 3.8) is 0 Å². The highest BCUT2D eigenvalue weighted by atomic mass is 16.6. The lowest BCUT2D eigenvalue weighted by Gasteiger charge is -2.18. The minimum atomic E-state index is -0.817. The van der Waals surface area contributed by atoms with Crippen LogP contribution in [0.4, 0.5) is 0 Å². The first-order chi connectivity index (χ1) is 28.0. The molecule has 0 saturated heterocycles. The van der Waals surface area contributed by atoms with Crippen LogP contribution < -0.4 is 0 Å². The first-order valence-electron chi connectivity index (χ1n) is 22.2. The van der Waals surface area contributed by atoms with Crippen LogP contribution >= 0.6 is 0 Å². The molecule has 6 nitrogen and oxygen atoms in total. The number of hydrogen-bond donors (Lipinski definition) is 0. The normalized spacial score (nSPS) is 13.2. The molecule has 0 aromatic rings. The van der Waals surface area contributed by atoms with Gasteiger partial charge in [0.15, 0.2) is 6.10 Å². The van der Waals surface area contributed by atoms with Gasteiger partial charge in [-0.05, 0) is 57.8 Å². The van der Waals surface area contributed by atoms with E-state index in [-0.39, 0.29) is 37.5 Å². The summed E-state index contributed by atoms with van der Waals surface area (Å²) in [5.74, 6) is -1.02.